The molecule has 0 amide bonds. The summed E-state index contributed by atoms with van der Waals surface area (Å²) in [5.41, 5.74) is 2.11. The van der Waals surface area contributed by atoms with Gasteiger partial charge in [0, 0.05) is 25.3 Å². The van der Waals surface area contributed by atoms with E-state index < -0.39 is 16.0 Å². The summed E-state index contributed by atoms with van der Waals surface area (Å²) < 4.78 is 32.6. The van der Waals surface area contributed by atoms with Crippen molar-refractivity contribution in [3.05, 3.63) is 58.6 Å². The second kappa shape index (κ2) is 9.15. The first-order valence-electron chi connectivity index (χ1n) is 9.51. The zero-order valence-electron chi connectivity index (χ0n) is 16.5. The number of carbonyl (C=O) groups is 1. The molecule has 3 rings (SSSR count). The van der Waals surface area contributed by atoms with Gasteiger partial charge in [-0.05, 0) is 54.7 Å². The van der Waals surface area contributed by atoms with Gasteiger partial charge in [0.05, 0.1) is 17.7 Å². The number of anilines is 1. The summed E-state index contributed by atoms with van der Waals surface area (Å²) in [6.45, 7) is 4.47. The van der Waals surface area contributed by atoms with Crippen molar-refractivity contribution in [1.82, 2.24) is 4.72 Å². The lowest BCUT2D eigenvalue weighted by molar-refractivity contribution is 0.0600. The summed E-state index contributed by atoms with van der Waals surface area (Å²) in [4.78, 5) is 13.9. The molecule has 1 heterocycles. The Kier molecular flexibility index (Phi) is 6.82. The van der Waals surface area contributed by atoms with Crippen molar-refractivity contribution in [2.75, 3.05) is 25.1 Å². The number of piperidine rings is 1. The molecule has 1 aliphatic heterocycles. The average Bonchev–Trinajstić information content (AvgIpc) is 2.72. The van der Waals surface area contributed by atoms with E-state index in [1.165, 1.54) is 38.2 Å². The van der Waals surface area contributed by atoms with Crippen LogP contribution in [0.15, 0.2) is 47.4 Å². The number of sulfonamides is 1. The van der Waals surface area contributed by atoms with Crippen molar-refractivity contribution in [3.63, 3.8) is 0 Å². The predicted molar refractivity (Wildman–Crippen MR) is 114 cm³/mol. The zero-order chi connectivity index (χ0) is 21.0. The van der Waals surface area contributed by atoms with Crippen LogP contribution in [0.5, 0.6) is 0 Å². The largest absolute Gasteiger partial charge is 0.465 e. The van der Waals surface area contributed by atoms with Crippen LogP contribution in [0.4, 0.5) is 5.69 Å². The molecule has 156 valence electrons. The Balaban J connectivity index is 1.70. The van der Waals surface area contributed by atoms with Gasteiger partial charge in [-0.25, -0.2) is 17.9 Å². The molecule has 0 aromatic heterocycles. The van der Waals surface area contributed by atoms with Crippen molar-refractivity contribution >= 4 is 33.3 Å². The molecule has 2 aromatic rings. The van der Waals surface area contributed by atoms with E-state index in [1.54, 1.807) is 0 Å². The average molecular weight is 437 g/mol. The van der Waals surface area contributed by atoms with Gasteiger partial charge in [0.25, 0.3) is 0 Å². The minimum Gasteiger partial charge on any atom is -0.465 e. The molecule has 0 bridgehead atoms. The third-order valence-electron chi connectivity index (χ3n) is 5.07. The lowest BCUT2D eigenvalue weighted by atomic mass is 9.99. The molecule has 1 aliphatic rings. The van der Waals surface area contributed by atoms with Crippen LogP contribution in [0.25, 0.3) is 0 Å². The van der Waals surface area contributed by atoms with Gasteiger partial charge in [-0.2, -0.15) is 0 Å². The quantitative estimate of drug-likeness (QED) is 0.696. The summed E-state index contributed by atoms with van der Waals surface area (Å²) in [5.74, 6) is 0.0569. The van der Waals surface area contributed by atoms with Crippen LogP contribution >= 0.6 is 11.6 Å². The molecule has 6 nitrogen and oxygen atoms in total. The Labute approximate surface area is 176 Å². The summed E-state index contributed by atoms with van der Waals surface area (Å²) in [7, 11) is -2.66. The molecule has 1 unspecified atom stereocenters. The lowest BCUT2D eigenvalue weighted by Gasteiger charge is -2.32. The van der Waals surface area contributed by atoms with E-state index in [2.05, 4.69) is 21.3 Å². The van der Waals surface area contributed by atoms with Crippen LogP contribution in [-0.4, -0.2) is 34.6 Å². The predicted octanol–water partition coefficient (Wildman–Crippen LogP) is 3.84. The van der Waals surface area contributed by atoms with Crippen molar-refractivity contribution < 1.29 is 17.9 Å². The number of ether oxygens (including phenoxy) is 1. The highest BCUT2D eigenvalue weighted by Crippen LogP contribution is 2.25. The molecule has 29 heavy (non-hydrogen) atoms. The third kappa shape index (κ3) is 5.29. The van der Waals surface area contributed by atoms with Gasteiger partial charge >= 0.3 is 5.97 Å². The standard InChI is InChI=1S/C21H25ClN2O4S/c1-15-4-3-11-24(14-15)18-8-5-16(6-9-18)13-23-29(26,27)20-12-17(21(25)28-2)7-10-19(20)22/h5-10,12,15,23H,3-4,11,13-14H2,1-2H3. The topological polar surface area (TPSA) is 75.7 Å². The number of nitrogens with one attached hydrogen (secondary N) is 1. The van der Waals surface area contributed by atoms with E-state index in [0.29, 0.717) is 5.92 Å². The smallest absolute Gasteiger partial charge is 0.337 e. The second-order valence-electron chi connectivity index (χ2n) is 7.32. The number of nitrogens with zero attached hydrogens (tertiary/aromatic N) is 1. The van der Waals surface area contributed by atoms with Gasteiger partial charge in [0.1, 0.15) is 4.90 Å². The summed E-state index contributed by atoms with van der Waals surface area (Å²) >= 11 is 6.05. The number of hydrogen-bond donors (Lipinski definition) is 1. The Morgan fingerprint density at radius 3 is 2.62 bits per heavy atom. The number of esters is 1. The Morgan fingerprint density at radius 2 is 1.97 bits per heavy atom. The number of rotatable bonds is 6. The Bertz CT molecular complexity index is 977. The van der Waals surface area contributed by atoms with Gasteiger partial charge in [0.15, 0.2) is 0 Å². The fourth-order valence-corrected chi connectivity index (χ4v) is 5.00. The lowest BCUT2D eigenvalue weighted by Crippen LogP contribution is -2.34. The van der Waals surface area contributed by atoms with E-state index in [9.17, 15) is 13.2 Å². The zero-order valence-corrected chi connectivity index (χ0v) is 18.1. The van der Waals surface area contributed by atoms with Crippen LogP contribution in [0.1, 0.15) is 35.7 Å². The van der Waals surface area contributed by atoms with Gasteiger partial charge in [-0.15, -0.1) is 0 Å². The van der Waals surface area contributed by atoms with Gasteiger partial charge < -0.3 is 9.64 Å². The molecular weight excluding hydrogens is 412 g/mol. The number of benzene rings is 2. The first kappa shape index (κ1) is 21.6. The third-order valence-corrected chi connectivity index (χ3v) is 6.95. The molecule has 1 saturated heterocycles. The van der Waals surface area contributed by atoms with Crippen LogP contribution in [0.2, 0.25) is 5.02 Å². The van der Waals surface area contributed by atoms with Crippen molar-refractivity contribution in [2.45, 2.75) is 31.2 Å². The first-order valence-corrected chi connectivity index (χ1v) is 11.4. The maximum absolute atomic E-state index is 12.7. The molecule has 1 atom stereocenters. The molecular formula is C21H25ClN2O4S. The maximum atomic E-state index is 12.7. The SMILES string of the molecule is COC(=O)c1ccc(Cl)c(S(=O)(=O)NCc2ccc(N3CCCC(C)C3)cc2)c1. The second-order valence-corrected chi connectivity index (χ2v) is 9.46. The highest BCUT2D eigenvalue weighted by molar-refractivity contribution is 7.89. The normalized spacial score (nSPS) is 17.2. The number of hydrogen-bond acceptors (Lipinski definition) is 5. The molecule has 0 spiro atoms. The van der Waals surface area contributed by atoms with E-state index >= 15 is 0 Å². The molecule has 2 aromatic carbocycles. The van der Waals surface area contributed by atoms with Crippen LogP contribution in [0.3, 0.4) is 0 Å². The highest BCUT2D eigenvalue weighted by atomic mass is 35.5. The van der Waals surface area contributed by atoms with Crippen LogP contribution in [-0.2, 0) is 21.3 Å². The highest BCUT2D eigenvalue weighted by Gasteiger charge is 2.21. The number of halogens is 1. The van der Waals surface area contributed by atoms with Gasteiger partial charge in [-0.1, -0.05) is 30.7 Å². The summed E-state index contributed by atoms with van der Waals surface area (Å²) in [6, 6.07) is 11.9. The van der Waals surface area contributed by atoms with Crippen LogP contribution in [0, 0.1) is 5.92 Å². The van der Waals surface area contributed by atoms with Crippen LogP contribution < -0.4 is 9.62 Å². The summed E-state index contributed by atoms with van der Waals surface area (Å²) in [5, 5.41) is 0.0414. The van der Waals surface area contributed by atoms with Crippen molar-refractivity contribution in [1.29, 1.82) is 0 Å². The van der Waals surface area contributed by atoms with Crippen molar-refractivity contribution in [3.8, 4) is 0 Å². The molecule has 1 N–H and O–H groups in total. The monoisotopic (exact) mass is 436 g/mol. The van der Waals surface area contributed by atoms with E-state index in [0.717, 1.165) is 24.3 Å². The number of carbonyl (C=O) groups excluding carboxylic acids is 1. The molecule has 0 aliphatic carbocycles. The molecule has 0 saturated carbocycles. The first-order chi connectivity index (χ1) is 13.8. The van der Waals surface area contributed by atoms with Gasteiger partial charge in [0.2, 0.25) is 10.0 Å². The maximum Gasteiger partial charge on any atom is 0.337 e. The van der Waals surface area contributed by atoms with Gasteiger partial charge in [-0.3, -0.25) is 0 Å². The van der Waals surface area contributed by atoms with E-state index in [1.807, 2.05) is 24.3 Å². The fourth-order valence-electron chi connectivity index (χ4n) is 3.46. The molecule has 0 radical (unpaired) electrons. The fraction of sp³-hybridized carbons (Fsp3) is 0.381. The van der Waals surface area contributed by atoms with E-state index in [-0.39, 0.29) is 22.0 Å². The molecule has 1 fully saturated rings. The van der Waals surface area contributed by atoms with E-state index in [4.69, 9.17) is 11.6 Å². The Morgan fingerprint density at radius 1 is 1.24 bits per heavy atom. The van der Waals surface area contributed by atoms with Crippen molar-refractivity contribution in [2.24, 2.45) is 5.92 Å². The minimum absolute atomic E-state index is 0.0414. The molecule has 8 heteroatoms. The summed E-state index contributed by atoms with van der Waals surface area (Å²) in [6.07, 6.45) is 2.45. The number of methoxy groups -OCH3 is 1. The minimum atomic E-state index is -3.89. The Hall–Kier alpha value is -2.09.